The zero-order chi connectivity index (χ0) is 20.6. The second kappa shape index (κ2) is 10.0. The van der Waals surface area contributed by atoms with Crippen LogP contribution in [0.1, 0.15) is 35.3 Å². The third kappa shape index (κ3) is 5.78. The van der Waals surface area contributed by atoms with E-state index in [-0.39, 0.29) is 37.0 Å². The quantitative estimate of drug-likeness (QED) is 0.636. The normalized spacial score (nSPS) is 21.4. The number of amides is 2. The lowest BCUT2D eigenvalue weighted by molar-refractivity contribution is -0.131. The van der Waals surface area contributed by atoms with Crippen molar-refractivity contribution in [2.45, 2.75) is 44.1 Å². The molecule has 8 nitrogen and oxygen atoms in total. The summed E-state index contributed by atoms with van der Waals surface area (Å²) in [5, 5.41) is 15.1. The number of aromatic nitrogens is 2. The number of nitrogens with zero attached hydrogens (tertiary/aromatic N) is 2. The molecule has 1 fully saturated rings. The molecule has 3 rings (SSSR count). The van der Waals surface area contributed by atoms with Crippen LogP contribution < -0.4 is 10.6 Å². The molecule has 154 valence electrons. The van der Waals surface area contributed by atoms with E-state index in [2.05, 4.69) is 20.6 Å². The Hall–Kier alpha value is -2.91. The van der Waals surface area contributed by atoms with Crippen LogP contribution in [0.15, 0.2) is 42.9 Å². The maximum Gasteiger partial charge on any atom is 0.271 e. The highest BCUT2D eigenvalue weighted by Crippen LogP contribution is 2.22. The van der Waals surface area contributed by atoms with Crippen molar-refractivity contribution in [3.8, 4) is 0 Å². The zero-order valence-corrected chi connectivity index (χ0v) is 15.8. The molecule has 3 N–H and O–H groups in total. The van der Waals surface area contributed by atoms with E-state index in [0.29, 0.717) is 18.4 Å². The van der Waals surface area contributed by atoms with Gasteiger partial charge >= 0.3 is 0 Å². The molecule has 1 aromatic carbocycles. The van der Waals surface area contributed by atoms with Gasteiger partial charge in [-0.25, -0.2) is 9.37 Å². The first-order valence-electron chi connectivity index (χ1n) is 9.40. The minimum atomic E-state index is -0.631. The first-order chi connectivity index (χ1) is 14.1. The van der Waals surface area contributed by atoms with E-state index in [1.165, 1.54) is 24.7 Å². The van der Waals surface area contributed by atoms with E-state index in [4.69, 9.17) is 4.74 Å². The van der Waals surface area contributed by atoms with Gasteiger partial charge in [0.25, 0.3) is 5.91 Å². The number of benzene rings is 1. The molecule has 2 heterocycles. The molecule has 1 aliphatic heterocycles. The van der Waals surface area contributed by atoms with E-state index < -0.39 is 24.2 Å². The van der Waals surface area contributed by atoms with Gasteiger partial charge in [-0.15, -0.1) is 0 Å². The summed E-state index contributed by atoms with van der Waals surface area (Å²) in [5.41, 5.74) is 0.587. The van der Waals surface area contributed by atoms with Crippen molar-refractivity contribution in [2.75, 3.05) is 6.61 Å². The highest BCUT2D eigenvalue weighted by atomic mass is 19.1. The third-order valence-corrected chi connectivity index (χ3v) is 4.75. The van der Waals surface area contributed by atoms with Crippen LogP contribution in [0.5, 0.6) is 0 Å². The molecule has 3 atom stereocenters. The molecule has 29 heavy (non-hydrogen) atoms. The van der Waals surface area contributed by atoms with Gasteiger partial charge in [-0.3, -0.25) is 14.6 Å². The van der Waals surface area contributed by atoms with Gasteiger partial charge in [0.15, 0.2) is 0 Å². The maximum absolute atomic E-state index is 13.6. The lowest BCUT2D eigenvalue weighted by Crippen LogP contribution is -2.51. The molecule has 1 saturated heterocycles. The Kier molecular flexibility index (Phi) is 7.20. The zero-order valence-electron chi connectivity index (χ0n) is 15.8. The highest BCUT2D eigenvalue weighted by Gasteiger charge is 2.33. The van der Waals surface area contributed by atoms with Gasteiger partial charge in [0.1, 0.15) is 17.6 Å². The van der Waals surface area contributed by atoms with Gasteiger partial charge in [0, 0.05) is 24.5 Å². The summed E-state index contributed by atoms with van der Waals surface area (Å²) in [6.07, 6.45) is 4.40. The predicted octanol–water partition coefficient (Wildman–Crippen LogP) is 0.961. The summed E-state index contributed by atoms with van der Waals surface area (Å²) in [6.45, 7) is -0.197. The molecule has 0 spiro atoms. The Morgan fingerprint density at radius 1 is 1.24 bits per heavy atom. The average molecular weight is 402 g/mol. The monoisotopic (exact) mass is 402 g/mol. The first-order valence-corrected chi connectivity index (χ1v) is 9.40. The largest absolute Gasteiger partial charge is 0.394 e. The summed E-state index contributed by atoms with van der Waals surface area (Å²) < 4.78 is 19.4. The molecule has 1 aliphatic rings. The van der Waals surface area contributed by atoms with Gasteiger partial charge < -0.3 is 20.5 Å². The number of rotatable bonds is 7. The topological polar surface area (TPSA) is 113 Å². The third-order valence-electron chi connectivity index (χ3n) is 4.75. The Morgan fingerprint density at radius 3 is 2.79 bits per heavy atom. The van der Waals surface area contributed by atoms with Crippen LogP contribution in [0, 0.1) is 5.82 Å². The number of ether oxygens (including phenoxy) is 1. The molecule has 2 aromatic rings. The molecule has 0 radical (unpaired) electrons. The smallest absolute Gasteiger partial charge is 0.271 e. The summed E-state index contributed by atoms with van der Waals surface area (Å²) in [6, 6.07) is 5.85. The van der Waals surface area contributed by atoms with Crippen molar-refractivity contribution < 1.29 is 23.8 Å². The predicted molar refractivity (Wildman–Crippen MR) is 101 cm³/mol. The Labute approximate surface area is 167 Å². The fourth-order valence-corrected chi connectivity index (χ4v) is 3.22. The molecule has 1 aromatic heterocycles. The van der Waals surface area contributed by atoms with Crippen LogP contribution in [0.3, 0.4) is 0 Å². The van der Waals surface area contributed by atoms with Crippen molar-refractivity contribution >= 4 is 11.8 Å². The van der Waals surface area contributed by atoms with Crippen LogP contribution in [-0.2, 0) is 16.1 Å². The number of hydrogen-bond donors (Lipinski definition) is 3. The van der Waals surface area contributed by atoms with Crippen molar-refractivity contribution in [3.63, 3.8) is 0 Å². The SMILES string of the molecule is O=C(C[C@@H]1CC[C@@H](NC(=O)c2cnccn2)[C@@H](CO)O1)NCc1ccccc1F. The number of halogens is 1. The van der Waals surface area contributed by atoms with E-state index in [1.807, 2.05) is 0 Å². The van der Waals surface area contributed by atoms with Gasteiger partial charge in [0.2, 0.25) is 5.91 Å². The van der Waals surface area contributed by atoms with E-state index >= 15 is 0 Å². The number of hydrogen-bond acceptors (Lipinski definition) is 6. The van der Waals surface area contributed by atoms with Gasteiger partial charge in [-0.05, 0) is 18.9 Å². The van der Waals surface area contributed by atoms with Crippen LogP contribution in [0.25, 0.3) is 0 Å². The number of carbonyl (C=O) groups excluding carboxylic acids is 2. The fraction of sp³-hybridized carbons (Fsp3) is 0.400. The Morgan fingerprint density at radius 2 is 2.07 bits per heavy atom. The molecular weight excluding hydrogens is 379 g/mol. The molecule has 0 saturated carbocycles. The summed E-state index contributed by atoms with van der Waals surface area (Å²) >= 11 is 0. The van der Waals surface area contributed by atoms with Crippen molar-refractivity contribution in [1.29, 1.82) is 0 Å². The fourth-order valence-electron chi connectivity index (χ4n) is 3.22. The Balaban J connectivity index is 1.48. The standard InChI is InChI=1S/C20H23FN4O4/c21-15-4-2-1-3-13(15)10-24-19(27)9-14-5-6-16(18(12-26)29-14)25-20(28)17-11-22-7-8-23-17/h1-4,7-8,11,14,16,18,26H,5-6,9-10,12H2,(H,24,27)(H,25,28)/t14-,16+,18+/m0/s1. The van der Waals surface area contributed by atoms with Gasteiger partial charge in [-0.2, -0.15) is 0 Å². The minimum Gasteiger partial charge on any atom is -0.394 e. The second-order valence-electron chi connectivity index (χ2n) is 6.80. The van der Waals surface area contributed by atoms with Crippen molar-refractivity contribution in [2.24, 2.45) is 0 Å². The van der Waals surface area contributed by atoms with E-state index in [1.54, 1.807) is 18.2 Å². The minimum absolute atomic E-state index is 0.0930. The number of aliphatic hydroxyl groups is 1. The van der Waals surface area contributed by atoms with Crippen molar-refractivity contribution in [3.05, 3.63) is 59.9 Å². The van der Waals surface area contributed by atoms with E-state index in [0.717, 1.165) is 0 Å². The Bertz CT molecular complexity index is 836. The molecule has 0 aliphatic carbocycles. The summed E-state index contributed by atoms with van der Waals surface area (Å²) in [4.78, 5) is 32.2. The summed E-state index contributed by atoms with van der Waals surface area (Å²) in [5.74, 6) is -1.04. The second-order valence-corrected chi connectivity index (χ2v) is 6.80. The molecular formula is C20H23FN4O4. The van der Waals surface area contributed by atoms with Crippen LogP contribution >= 0.6 is 0 Å². The van der Waals surface area contributed by atoms with Crippen LogP contribution in [0.2, 0.25) is 0 Å². The van der Waals surface area contributed by atoms with Crippen LogP contribution in [0.4, 0.5) is 4.39 Å². The first kappa shape index (κ1) is 20.8. The lowest BCUT2D eigenvalue weighted by Gasteiger charge is -2.35. The van der Waals surface area contributed by atoms with Gasteiger partial charge in [-0.1, -0.05) is 18.2 Å². The van der Waals surface area contributed by atoms with E-state index in [9.17, 15) is 19.1 Å². The average Bonchev–Trinajstić information content (AvgIpc) is 2.74. The maximum atomic E-state index is 13.6. The summed E-state index contributed by atoms with van der Waals surface area (Å²) in [7, 11) is 0. The number of aliphatic hydroxyl groups excluding tert-OH is 1. The van der Waals surface area contributed by atoms with Crippen molar-refractivity contribution in [1.82, 2.24) is 20.6 Å². The highest BCUT2D eigenvalue weighted by molar-refractivity contribution is 5.92. The molecule has 0 unspecified atom stereocenters. The number of carbonyl (C=O) groups is 2. The molecule has 0 bridgehead atoms. The lowest BCUT2D eigenvalue weighted by atomic mass is 9.96. The van der Waals surface area contributed by atoms with Crippen LogP contribution in [-0.4, -0.2) is 51.7 Å². The number of nitrogens with one attached hydrogen (secondary N) is 2. The molecule has 2 amide bonds. The molecule has 9 heteroatoms. The van der Waals surface area contributed by atoms with Gasteiger partial charge in [0.05, 0.1) is 31.4 Å².